The minimum atomic E-state index is -0.819. The molecule has 1 aliphatic carbocycles. The monoisotopic (exact) mass is 331 g/mol. The first-order chi connectivity index (χ1) is 11.3. The molecule has 0 unspecified atom stereocenters. The maximum absolute atomic E-state index is 12.7. The minimum absolute atomic E-state index is 0.0472. The van der Waals surface area contributed by atoms with E-state index in [0.717, 1.165) is 18.4 Å². The summed E-state index contributed by atoms with van der Waals surface area (Å²) in [5, 5.41) is 13.5. The van der Waals surface area contributed by atoms with Crippen molar-refractivity contribution < 1.29 is 14.6 Å². The lowest BCUT2D eigenvalue weighted by Crippen LogP contribution is -2.48. The molecule has 0 atom stereocenters. The first-order valence-electron chi connectivity index (χ1n) is 8.95. The second-order valence-electron chi connectivity index (χ2n) is 8.43. The van der Waals surface area contributed by atoms with Crippen LogP contribution in [0.3, 0.4) is 0 Å². The standard InChI is InChI=1S/C20H29NO3/c1-18(2,3)15-4-6-16(7-5-15)20(8-9-20)17(22)21-14-19(23)10-12-24-13-11-19/h4-7,23H,8-14H2,1-3H3,(H,21,22). The zero-order chi connectivity index (χ0) is 17.4. The molecule has 4 heteroatoms. The Morgan fingerprint density at radius 1 is 1.12 bits per heavy atom. The first kappa shape index (κ1) is 17.4. The van der Waals surface area contributed by atoms with Crippen molar-refractivity contribution in [3.8, 4) is 0 Å². The summed E-state index contributed by atoms with van der Waals surface area (Å²) >= 11 is 0. The van der Waals surface area contributed by atoms with E-state index in [9.17, 15) is 9.90 Å². The van der Waals surface area contributed by atoms with Crippen molar-refractivity contribution in [2.75, 3.05) is 19.8 Å². The first-order valence-corrected chi connectivity index (χ1v) is 8.95. The van der Waals surface area contributed by atoms with Crippen LogP contribution < -0.4 is 5.32 Å². The zero-order valence-corrected chi connectivity index (χ0v) is 15.0. The molecule has 1 saturated heterocycles. The highest BCUT2D eigenvalue weighted by molar-refractivity contribution is 5.91. The molecule has 1 amide bonds. The number of carbonyl (C=O) groups excluding carboxylic acids is 1. The Hall–Kier alpha value is -1.39. The van der Waals surface area contributed by atoms with Crippen molar-refractivity contribution in [3.05, 3.63) is 35.4 Å². The number of carbonyl (C=O) groups is 1. The molecule has 1 aromatic carbocycles. The third kappa shape index (κ3) is 3.50. The van der Waals surface area contributed by atoms with Gasteiger partial charge >= 0.3 is 0 Å². The van der Waals surface area contributed by atoms with Crippen LogP contribution in [0, 0.1) is 0 Å². The van der Waals surface area contributed by atoms with E-state index in [1.807, 2.05) is 0 Å². The van der Waals surface area contributed by atoms with Crippen LogP contribution in [0.1, 0.15) is 57.6 Å². The Balaban J connectivity index is 1.66. The molecular formula is C20H29NO3. The normalized spacial score (nSPS) is 22.0. The second kappa shape index (κ2) is 6.16. The molecule has 0 aromatic heterocycles. The van der Waals surface area contributed by atoms with Crippen LogP contribution in [-0.2, 0) is 20.4 Å². The maximum Gasteiger partial charge on any atom is 0.230 e. The van der Waals surface area contributed by atoms with E-state index in [0.29, 0.717) is 32.6 Å². The highest BCUT2D eigenvalue weighted by Gasteiger charge is 2.51. The molecule has 1 saturated carbocycles. The molecule has 0 spiro atoms. The summed E-state index contributed by atoms with van der Waals surface area (Å²) < 4.78 is 5.29. The summed E-state index contributed by atoms with van der Waals surface area (Å²) in [6.07, 6.45) is 2.94. The van der Waals surface area contributed by atoms with Gasteiger partial charge in [-0.05, 0) is 29.4 Å². The Morgan fingerprint density at radius 3 is 2.21 bits per heavy atom. The second-order valence-corrected chi connectivity index (χ2v) is 8.43. The summed E-state index contributed by atoms with van der Waals surface area (Å²) in [6.45, 7) is 8.01. The van der Waals surface area contributed by atoms with Gasteiger partial charge in [0.25, 0.3) is 0 Å². The van der Waals surface area contributed by atoms with Crippen LogP contribution in [0.15, 0.2) is 24.3 Å². The predicted octanol–water partition coefficient (Wildman–Crippen LogP) is 2.67. The van der Waals surface area contributed by atoms with Crippen LogP contribution >= 0.6 is 0 Å². The Labute approximate surface area is 144 Å². The van der Waals surface area contributed by atoms with E-state index >= 15 is 0 Å². The molecule has 2 fully saturated rings. The number of hydrogen-bond donors (Lipinski definition) is 2. The van der Waals surface area contributed by atoms with Gasteiger partial charge in [0.05, 0.1) is 11.0 Å². The molecule has 1 heterocycles. The van der Waals surface area contributed by atoms with Crippen molar-refractivity contribution in [1.29, 1.82) is 0 Å². The Bertz CT molecular complexity index is 590. The fraction of sp³-hybridized carbons (Fsp3) is 0.650. The number of amides is 1. The average molecular weight is 331 g/mol. The van der Waals surface area contributed by atoms with Crippen molar-refractivity contribution in [1.82, 2.24) is 5.32 Å². The van der Waals surface area contributed by atoms with Gasteiger partial charge in [-0.25, -0.2) is 0 Å². The number of rotatable bonds is 4. The molecule has 0 radical (unpaired) electrons. The van der Waals surface area contributed by atoms with Gasteiger partial charge in [-0.15, -0.1) is 0 Å². The molecule has 24 heavy (non-hydrogen) atoms. The van der Waals surface area contributed by atoms with Crippen molar-refractivity contribution >= 4 is 5.91 Å². The Kier molecular flexibility index (Phi) is 4.47. The van der Waals surface area contributed by atoms with Gasteiger partial charge < -0.3 is 15.2 Å². The molecule has 1 aromatic rings. The van der Waals surface area contributed by atoms with E-state index in [2.05, 4.69) is 50.4 Å². The van der Waals surface area contributed by atoms with E-state index in [1.54, 1.807) is 0 Å². The number of aliphatic hydroxyl groups is 1. The summed E-state index contributed by atoms with van der Waals surface area (Å²) in [4.78, 5) is 12.7. The minimum Gasteiger partial charge on any atom is -0.388 e. The van der Waals surface area contributed by atoms with Crippen LogP contribution in [0.2, 0.25) is 0 Å². The summed E-state index contributed by atoms with van der Waals surface area (Å²) in [5.74, 6) is 0.0472. The number of nitrogens with one attached hydrogen (secondary N) is 1. The zero-order valence-electron chi connectivity index (χ0n) is 15.0. The van der Waals surface area contributed by atoms with E-state index in [4.69, 9.17) is 4.74 Å². The van der Waals surface area contributed by atoms with Gasteiger partial charge in [-0.2, -0.15) is 0 Å². The van der Waals surface area contributed by atoms with E-state index < -0.39 is 11.0 Å². The maximum atomic E-state index is 12.7. The largest absolute Gasteiger partial charge is 0.388 e. The van der Waals surface area contributed by atoms with Crippen LogP contribution in [0.5, 0.6) is 0 Å². The topological polar surface area (TPSA) is 58.6 Å². The summed E-state index contributed by atoms with van der Waals surface area (Å²) in [5.41, 5.74) is 1.27. The van der Waals surface area contributed by atoms with E-state index in [1.165, 1.54) is 5.56 Å². The van der Waals surface area contributed by atoms with Crippen LogP contribution in [0.25, 0.3) is 0 Å². The number of benzene rings is 1. The highest BCUT2D eigenvalue weighted by atomic mass is 16.5. The van der Waals surface area contributed by atoms with E-state index in [-0.39, 0.29) is 11.3 Å². The lowest BCUT2D eigenvalue weighted by Gasteiger charge is -2.32. The van der Waals surface area contributed by atoms with Crippen molar-refractivity contribution in [2.45, 2.75) is 62.9 Å². The summed E-state index contributed by atoms with van der Waals surface area (Å²) in [7, 11) is 0. The lowest BCUT2D eigenvalue weighted by atomic mass is 9.84. The third-order valence-electron chi connectivity index (χ3n) is 5.49. The Morgan fingerprint density at radius 2 is 1.71 bits per heavy atom. The van der Waals surface area contributed by atoms with Gasteiger partial charge in [0.15, 0.2) is 0 Å². The number of hydrogen-bond acceptors (Lipinski definition) is 3. The van der Waals surface area contributed by atoms with Gasteiger partial charge in [-0.3, -0.25) is 4.79 Å². The fourth-order valence-corrected chi connectivity index (χ4v) is 3.40. The van der Waals surface area contributed by atoms with Gasteiger partial charge in [0.1, 0.15) is 0 Å². The van der Waals surface area contributed by atoms with Crippen molar-refractivity contribution in [2.24, 2.45) is 0 Å². The smallest absolute Gasteiger partial charge is 0.230 e. The predicted molar refractivity (Wildman–Crippen MR) is 94.1 cm³/mol. The van der Waals surface area contributed by atoms with Crippen LogP contribution in [0.4, 0.5) is 0 Å². The summed E-state index contributed by atoms with van der Waals surface area (Å²) in [6, 6.07) is 8.45. The van der Waals surface area contributed by atoms with Crippen molar-refractivity contribution in [3.63, 3.8) is 0 Å². The highest BCUT2D eigenvalue weighted by Crippen LogP contribution is 2.48. The van der Waals surface area contributed by atoms with Gasteiger partial charge in [-0.1, -0.05) is 45.0 Å². The van der Waals surface area contributed by atoms with Crippen LogP contribution in [-0.4, -0.2) is 36.4 Å². The molecule has 0 bridgehead atoms. The number of ether oxygens (including phenoxy) is 1. The molecule has 1 aliphatic heterocycles. The van der Waals surface area contributed by atoms with Gasteiger partial charge in [0.2, 0.25) is 5.91 Å². The molecule has 4 nitrogen and oxygen atoms in total. The quantitative estimate of drug-likeness (QED) is 0.892. The third-order valence-corrected chi connectivity index (χ3v) is 5.49. The average Bonchev–Trinajstić information content (AvgIpc) is 3.35. The molecule has 3 rings (SSSR count). The molecule has 2 N–H and O–H groups in total. The molecular weight excluding hydrogens is 302 g/mol. The molecule has 132 valence electrons. The lowest BCUT2D eigenvalue weighted by molar-refractivity contribution is -0.126. The fourth-order valence-electron chi connectivity index (χ4n) is 3.40. The van der Waals surface area contributed by atoms with Gasteiger partial charge in [0, 0.05) is 32.6 Å². The molecule has 2 aliphatic rings. The SMILES string of the molecule is CC(C)(C)c1ccc(C2(C(=O)NCC3(O)CCOCC3)CC2)cc1.